The van der Waals surface area contributed by atoms with Gasteiger partial charge in [0, 0.05) is 5.88 Å². The topological polar surface area (TPSA) is 0 Å². The summed E-state index contributed by atoms with van der Waals surface area (Å²) in [4.78, 5) is 0. The highest BCUT2D eigenvalue weighted by atomic mass is 127. The van der Waals surface area contributed by atoms with E-state index in [4.69, 9.17) is 11.6 Å². The standard InChI is InChI=1S/C17H37ClN.HI/c1-4-7-11-16-19(14-8-5-2,15-9-6-3)17-12-10-13-18;/h4-17H2,1-3H3;1H/q+1;/p-1. The Morgan fingerprint density at radius 2 is 1.00 bits per heavy atom. The van der Waals surface area contributed by atoms with E-state index in [0.29, 0.717) is 0 Å². The molecule has 1 nitrogen and oxygen atoms in total. The number of nitrogens with zero attached hydrogens (tertiary/aromatic N) is 1. The summed E-state index contributed by atoms with van der Waals surface area (Å²) < 4.78 is 1.37. The Balaban J connectivity index is 0. The Kier molecular flexibility index (Phi) is 19.0. The molecular weight excluding hydrogens is 381 g/mol. The van der Waals surface area contributed by atoms with Gasteiger partial charge in [-0.25, -0.2) is 0 Å². The minimum Gasteiger partial charge on any atom is -1.00 e. The van der Waals surface area contributed by atoms with Gasteiger partial charge in [-0.05, 0) is 38.5 Å². The Bertz CT molecular complexity index is 168. The fourth-order valence-electron chi connectivity index (χ4n) is 2.90. The van der Waals surface area contributed by atoms with Crippen molar-refractivity contribution in [3.8, 4) is 0 Å². The van der Waals surface area contributed by atoms with Crippen LogP contribution in [0, 0.1) is 0 Å². The van der Waals surface area contributed by atoms with Gasteiger partial charge in [-0.1, -0.05) is 40.0 Å². The zero-order valence-corrected chi connectivity index (χ0v) is 17.0. The minimum atomic E-state index is 0. The van der Waals surface area contributed by atoms with Crippen molar-refractivity contribution < 1.29 is 28.5 Å². The van der Waals surface area contributed by atoms with Gasteiger partial charge in [0.05, 0.1) is 26.2 Å². The molecule has 0 saturated heterocycles. The Morgan fingerprint density at radius 3 is 1.40 bits per heavy atom. The molecule has 0 spiro atoms. The molecule has 0 heterocycles. The second-order valence-electron chi connectivity index (χ2n) is 6.05. The molecule has 20 heavy (non-hydrogen) atoms. The molecule has 3 heteroatoms. The number of alkyl halides is 1. The van der Waals surface area contributed by atoms with E-state index in [1.165, 1.54) is 88.4 Å². The number of unbranched alkanes of at least 4 members (excludes halogenated alkanes) is 5. The van der Waals surface area contributed by atoms with Gasteiger partial charge in [0.25, 0.3) is 0 Å². The van der Waals surface area contributed by atoms with Crippen LogP contribution in [0.4, 0.5) is 0 Å². The second kappa shape index (κ2) is 16.4. The molecule has 124 valence electrons. The van der Waals surface area contributed by atoms with Crippen molar-refractivity contribution in [3.05, 3.63) is 0 Å². The highest BCUT2D eigenvalue weighted by molar-refractivity contribution is 6.17. The van der Waals surface area contributed by atoms with Gasteiger partial charge in [-0.15, -0.1) is 11.6 Å². The summed E-state index contributed by atoms with van der Waals surface area (Å²) in [6.07, 6.45) is 12.1. The molecule has 0 saturated carbocycles. The molecular formula is C17H37ClIN. The smallest absolute Gasteiger partial charge is 0.0787 e. The molecule has 0 aliphatic heterocycles. The van der Waals surface area contributed by atoms with E-state index < -0.39 is 0 Å². The van der Waals surface area contributed by atoms with Gasteiger partial charge < -0.3 is 28.5 Å². The van der Waals surface area contributed by atoms with Crippen LogP contribution < -0.4 is 24.0 Å². The summed E-state index contributed by atoms with van der Waals surface area (Å²) in [5, 5.41) is 0. The largest absolute Gasteiger partial charge is 1.00 e. The third-order valence-corrected chi connectivity index (χ3v) is 4.49. The fourth-order valence-corrected chi connectivity index (χ4v) is 3.09. The molecule has 0 aromatic carbocycles. The molecule has 0 rings (SSSR count). The Hall–Kier alpha value is 0.980. The Morgan fingerprint density at radius 1 is 0.600 bits per heavy atom. The number of quaternary nitrogens is 1. The van der Waals surface area contributed by atoms with Gasteiger partial charge in [0.1, 0.15) is 0 Å². The fraction of sp³-hybridized carbons (Fsp3) is 1.00. The zero-order valence-electron chi connectivity index (χ0n) is 14.1. The summed E-state index contributed by atoms with van der Waals surface area (Å²) in [6.45, 7) is 12.5. The van der Waals surface area contributed by atoms with Crippen molar-refractivity contribution in [1.82, 2.24) is 0 Å². The highest BCUT2D eigenvalue weighted by Gasteiger charge is 2.25. The molecule has 0 amide bonds. The van der Waals surface area contributed by atoms with Crippen molar-refractivity contribution >= 4 is 11.6 Å². The van der Waals surface area contributed by atoms with E-state index in [-0.39, 0.29) is 24.0 Å². The monoisotopic (exact) mass is 417 g/mol. The maximum atomic E-state index is 5.86. The van der Waals surface area contributed by atoms with Crippen LogP contribution >= 0.6 is 11.6 Å². The predicted octanol–water partition coefficient (Wildman–Crippen LogP) is 2.62. The van der Waals surface area contributed by atoms with Crippen LogP contribution in [0.3, 0.4) is 0 Å². The van der Waals surface area contributed by atoms with Crippen LogP contribution in [0.15, 0.2) is 0 Å². The van der Waals surface area contributed by atoms with Crippen LogP contribution in [0.5, 0.6) is 0 Å². The van der Waals surface area contributed by atoms with Crippen LogP contribution in [0.1, 0.15) is 78.6 Å². The number of hydrogen-bond acceptors (Lipinski definition) is 0. The first-order valence-electron chi connectivity index (χ1n) is 8.65. The lowest BCUT2D eigenvalue weighted by molar-refractivity contribution is -0.929. The van der Waals surface area contributed by atoms with Gasteiger partial charge >= 0.3 is 0 Å². The van der Waals surface area contributed by atoms with Crippen molar-refractivity contribution in [2.45, 2.75) is 78.6 Å². The number of hydrogen-bond donors (Lipinski definition) is 0. The van der Waals surface area contributed by atoms with Crippen molar-refractivity contribution in [1.29, 1.82) is 0 Å². The summed E-state index contributed by atoms with van der Waals surface area (Å²) >= 11 is 5.86. The summed E-state index contributed by atoms with van der Waals surface area (Å²) in [7, 11) is 0. The summed E-state index contributed by atoms with van der Waals surface area (Å²) in [5.74, 6) is 0.830. The van der Waals surface area contributed by atoms with Crippen molar-refractivity contribution in [2.75, 3.05) is 32.1 Å². The van der Waals surface area contributed by atoms with Crippen molar-refractivity contribution in [3.63, 3.8) is 0 Å². The molecule has 0 unspecified atom stereocenters. The van der Waals surface area contributed by atoms with Crippen LogP contribution in [0.2, 0.25) is 0 Å². The molecule has 0 bridgehead atoms. The molecule has 0 N–H and O–H groups in total. The van der Waals surface area contributed by atoms with Gasteiger partial charge in [0.15, 0.2) is 0 Å². The van der Waals surface area contributed by atoms with E-state index in [1.54, 1.807) is 0 Å². The lowest BCUT2D eigenvalue weighted by atomic mass is 10.1. The first-order chi connectivity index (χ1) is 9.24. The van der Waals surface area contributed by atoms with Crippen LogP contribution in [0.25, 0.3) is 0 Å². The third-order valence-electron chi connectivity index (χ3n) is 4.22. The third kappa shape index (κ3) is 11.6. The zero-order chi connectivity index (χ0) is 14.4. The maximum absolute atomic E-state index is 5.86. The van der Waals surface area contributed by atoms with E-state index in [1.807, 2.05) is 0 Å². The molecule has 0 radical (unpaired) electrons. The van der Waals surface area contributed by atoms with Gasteiger partial charge in [0.2, 0.25) is 0 Å². The van der Waals surface area contributed by atoms with Gasteiger partial charge in [-0.3, -0.25) is 0 Å². The minimum absolute atomic E-state index is 0. The normalized spacial score (nSPS) is 11.4. The predicted molar refractivity (Wildman–Crippen MR) is 89.0 cm³/mol. The number of halogens is 2. The SMILES string of the molecule is CCCCC[N+](CCCC)(CCCC)CCCCCl.[I-]. The first kappa shape index (κ1) is 23.2. The summed E-state index contributed by atoms with van der Waals surface area (Å²) in [6, 6.07) is 0. The molecule has 0 aromatic rings. The van der Waals surface area contributed by atoms with E-state index in [2.05, 4.69) is 20.8 Å². The Labute approximate surface area is 150 Å². The van der Waals surface area contributed by atoms with Crippen molar-refractivity contribution in [2.24, 2.45) is 0 Å². The average molecular weight is 418 g/mol. The average Bonchev–Trinajstić information content (AvgIpc) is 2.43. The lowest BCUT2D eigenvalue weighted by Gasteiger charge is -2.39. The summed E-state index contributed by atoms with van der Waals surface area (Å²) in [5.41, 5.74) is 0. The van der Waals surface area contributed by atoms with Crippen LogP contribution in [-0.4, -0.2) is 36.5 Å². The lowest BCUT2D eigenvalue weighted by Crippen LogP contribution is -3.00. The molecule has 0 aliphatic carbocycles. The quantitative estimate of drug-likeness (QED) is 0.176. The first-order valence-corrected chi connectivity index (χ1v) is 9.19. The van der Waals surface area contributed by atoms with E-state index >= 15 is 0 Å². The molecule has 0 aliphatic rings. The maximum Gasteiger partial charge on any atom is 0.0787 e. The molecule has 0 fully saturated rings. The van der Waals surface area contributed by atoms with E-state index in [9.17, 15) is 0 Å². The second-order valence-corrected chi connectivity index (χ2v) is 6.42. The van der Waals surface area contributed by atoms with E-state index in [0.717, 1.165) is 5.88 Å². The number of rotatable bonds is 14. The van der Waals surface area contributed by atoms with Gasteiger partial charge in [-0.2, -0.15) is 0 Å². The highest BCUT2D eigenvalue weighted by Crippen LogP contribution is 2.17. The molecule has 0 aromatic heterocycles. The molecule has 0 atom stereocenters. The van der Waals surface area contributed by atoms with Crippen LogP contribution in [-0.2, 0) is 0 Å².